The zero-order valence-electron chi connectivity index (χ0n) is 9.61. The number of hydrogen-bond donors (Lipinski definition) is 0. The average molecular weight is 315 g/mol. The molecule has 0 aliphatic carbocycles. The summed E-state index contributed by atoms with van der Waals surface area (Å²) < 4.78 is 0. The molecular formula is C14H12Cl2S2. The van der Waals surface area contributed by atoms with Gasteiger partial charge in [0.25, 0.3) is 0 Å². The van der Waals surface area contributed by atoms with Gasteiger partial charge in [-0.15, -0.1) is 0 Å². The van der Waals surface area contributed by atoms with Crippen LogP contribution in [0.2, 0.25) is 10.0 Å². The lowest BCUT2D eigenvalue weighted by molar-refractivity contribution is 1.42. The van der Waals surface area contributed by atoms with E-state index < -0.39 is 0 Å². The summed E-state index contributed by atoms with van der Waals surface area (Å²) in [6.45, 7) is 0. The van der Waals surface area contributed by atoms with Crippen molar-refractivity contribution < 1.29 is 0 Å². The Balaban J connectivity index is 1.73. The molecule has 0 aliphatic rings. The maximum atomic E-state index is 5.84. The monoisotopic (exact) mass is 314 g/mol. The second kappa shape index (κ2) is 7.34. The summed E-state index contributed by atoms with van der Waals surface area (Å²) in [5.41, 5.74) is 2.60. The van der Waals surface area contributed by atoms with Crippen molar-refractivity contribution in [2.24, 2.45) is 0 Å². The molecule has 0 N–H and O–H groups in total. The fraction of sp³-hybridized carbons (Fsp3) is 0.143. The molecule has 0 spiro atoms. The van der Waals surface area contributed by atoms with Gasteiger partial charge in [0.2, 0.25) is 0 Å². The van der Waals surface area contributed by atoms with Crippen molar-refractivity contribution in [1.82, 2.24) is 0 Å². The fourth-order valence-corrected chi connectivity index (χ4v) is 3.77. The van der Waals surface area contributed by atoms with Gasteiger partial charge in [-0.25, -0.2) is 0 Å². The highest BCUT2D eigenvalue weighted by molar-refractivity contribution is 8.76. The Morgan fingerprint density at radius 1 is 0.611 bits per heavy atom. The maximum absolute atomic E-state index is 5.84. The van der Waals surface area contributed by atoms with Crippen molar-refractivity contribution in [3.05, 3.63) is 69.7 Å². The van der Waals surface area contributed by atoms with Crippen molar-refractivity contribution >= 4 is 44.8 Å². The van der Waals surface area contributed by atoms with E-state index in [2.05, 4.69) is 24.3 Å². The Hall–Kier alpha value is -0.280. The van der Waals surface area contributed by atoms with Gasteiger partial charge in [-0.05, 0) is 35.4 Å². The van der Waals surface area contributed by atoms with E-state index in [0.29, 0.717) is 0 Å². The summed E-state index contributed by atoms with van der Waals surface area (Å²) in [5, 5.41) is 1.58. The molecule has 0 aliphatic heterocycles. The van der Waals surface area contributed by atoms with Gasteiger partial charge in [0, 0.05) is 21.6 Å². The first-order chi connectivity index (χ1) is 8.74. The summed E-state index contributed by atoms with van der Waals surface area (Å²) in [6.07, 6.45) is 0. The lowest BCUT2D eigenvalue weighted by Gasteiger charge is -2.02. The molecule has 0 heterocycles. The molecule has 0 saturated carbocycles. The molecule has 0 unspecified atom stereocenters. The summed E-state index contributed by atoms with van der Waals surface area (Å²) in [4.78, 5) is 0. The Kier molecular flexibility index (Phi) is 5.77. The third-order valence-electron chi connectivity index (χ3n) is 2.36. The number of hydrogen-bond acceptors (Lipinski definition) is 2. The second-order valence-electron chi connectivity index (χ2n) is 3.78. The number of rotatable bonds is 5. The van der Waals surface area contributed by atoms with Crippen LogP contribution in [0.5, 0.6) is 0 Å². The van der Waals surface area contributed by atoms with E-state index in [9.17, 15) is 0 Å². The van der Waals surface area contributed by atoms with Gasteiger partial charge in [-0.1, -0.05) is 69.1 Å². The molecule has 0 nitrogen and oxygen atoms in total. The molecular weight excluding hydrogens is 303 g/mol. The first-order valence-corrected chi connectivity index (χ1v) is 8.72. The molecule has 2 aromatic rings. The highest BCUT2D eigenvalue weighted by Crippen LogP contribution is 2.29. The van der Waals surface area contributed by atoms with Crippen molar-refractivity contribution in [1.29, 1.82) is 0 Å². The molecule has 0 radical (unpaired) electrons. The van der Waals surface area contributed by atoms with Gasteiger partial charge >= 0.3 is 0 Å². The summed E-state index contributed by atoms with van der Waals surface area (Å²) in [5.74, 6) is 1.99. The predicted molar refractivity (Wildman–Crippen MR) is 85.5 cm³/mol. The lowest BCUT2D eigenvalue weighted by Crippen LogP contribution is -1.79. The smallest absolute Gasteiger partial charge is 0.0406 e. The van der Waals surface area contributed by atoms with Crippen LogP contribution >= 0.6 is 44.8 Å². The number of halogens is 2. The Labute approximate surface area is 125 Å². The summed E-state index contributed by atoms with van der Waals surface area (Å²) in [6, 6.07) is 16.0. The van der Waals surface area contributed by atoms with Gasteiger partial charge in [-0.3, -0.25) is 0 Å². The van der Waals surface area contributed by atoms with Crippen LogP contribution in [0.25, 0.3) is 0 Å². The fourth-order valence-electron chi connectivity index (χ4n) is 1.38. The second-order valence-corrected chi connectivity index (χ2v) is 7.11. The zero-order valence-corrected chi connectivity index (χ0v) is 12.8. The van der Waals surface area contributed by atoms with E-state index in [0.717, 1.165) is 21.6 Å². The summed E-state index contributed by atoms with van der Waals surface area (Å²) in [7, 11) is 3.70. The lowest BCUT2D eigenvalue weighted by atomic mass is 10.2. The molecule has 2 rings (SSSR count). The first-order valence-electron chi connectivity index (χ1n) is 5.47. The zero-order chi connectivity index (χ0) is 12.8. The molecule has 4 heteroatoms. The molecule has 0 atom stereocenters. The molecule has 0 fully saturated rings. The van der Waals surface area contributed by atoms with Crippen LogP contribution in [0.3, 0.4) is 0 Å². The minimum absolute atomic E-state index is 0.789. The van der Waals surface area contributed by atoms with Crippen LogP contribution in [0, 0.1) is 0 Å². The third kappa shape index (κ3) is 4.77. The SMILES string of the molecule is Clc1ccc(CSSCc2ccc(Cl)cc2)cc1. The average Bonchev–Trinajstić information content (AvgIpc) is 2.39. The van der Waals surface area contributed by atoms with Gasteiger partial charge < -0.3 is 0 Å². The predicted octanol–water partition coefficient (Wildman–Crippen LogP) is 6.08. The minimum atomic E-state index is 0.789. The topological polar surface area (TPSA) is 0 Å². The molecule has 0 saturated heterocycles. The van der Waals surface area contributed by atoms with E-state index >= 15 is 0 Å². The molecule has 18 heavy (non-hydrogen) atoms. The third-order valence-corrected chi connectivity index (χ3v) is 5.14. The molecule has 0 bridgehead atoms. The van der Waals surface area contributed by atoms with E-state index in [1.54, 1.807) is 0 Å². The van der Waals surface area contributed by atoms with Crippen LogP contribution < -0.4 is 0 Å². The van der Waals surface area contributed by atoms with Crippen molar-refractivity contribution in [2.45, 2.75) is 11.5 Å². The van der Waals surface area contributed by atoms with Crippen LogP contribution in [-0.2, 0) is 11.5 Å². The summed E-state index contributed by atoms with van der Waals surface area (Å²) >= 11 is 11.7. The minimum Gasteiger partial charge on any atom is -0.0890 e. The molecule has 0 aromatic heterocycles. The van der Waals surface area contributed by atoms with E-state index in [-0.39, 0.29) is 0 Å². The standard InChI is InChI=1S/C14H12Cl2S2/c15-13-5-1-11(2-6-13)9-17-18-10-12-3-7-14(16)8-4-12/h1-8H,9-10H2. The van der Waals surface area contributed by atoms with Crippen LogP contribution in [-0.4, -0.2) is 0 Å². The van der Waals surface area contributed by atoms with Gasteiger partial charge in [0.15, 0.2) is 0 Å². The van der Waals surface area contributed by atoms with E-state index in [1.807, 2.05) is 45.9 Å². The molecule has 94 valence electrons. The highest BCUT2D eigenvalue weighted by atomic mass is 35.5. The Morgan fingerprint density at radius 2 is 0.944 bits per heavy atom. The van der Waals surface area contributed by atoms with Crippen molar-refractivity contribution in [3.63, 3.8) is 0 Å². The number of benzene rings is 2. The van der Waals surface area contributed by atoms with Crippen molar-refractivity contribution in [2.75, 3.05) is 0 Å². The van der Waals surface area contributed by atoms with Crippen LogP contribution in [0.1, 0.15) is 11.1 Å². The normalized spacial score (nSPS) is 10.6. The van der Waals surface area contributed by atoms with Crippen molar-refractivity contribution in [3.8, 4) is 0 Å². The van der Waals surface area contributed by atoms with Gasteiger partial charge in [0.05, 0.1) is 0 Å². The maximum Gasteiger partial charge on any atom is 0.0406 e. The molecule has 2 aromatic carbocycles. The highest BCUT2D eigenvalue weighted by Gasteiger charge is 1.97. The molecule has 0 amide bonds. The largest absolute Gasteiger partial charge is 0.0890 e. The first kappa shape index (κ1) is 14.1. The Bertz CT molecular complexity index is 433. The van der Waals surface area contributed by atoms with Gasteiger partial charge in [-0.2, -0.15) is 0 Å². The van der Waals surface area contributed by atoms with E-state index in [1.165, 1.54) is 11.1 Å². The van der Waals surface area contributed by atoms with Crippen LogP contribution in [0.15, 0.2) is 48.5 Å². The Morgan fingerprint density at radius 3 is 1.28 bits per heavy atom. The quantitative estimate of drug-likeness (QED) is 0.485. The van der Waals surface area contributed by atoms with Gasteiger partial charge in [0.1, 0.15) is 0 Å². The van der Waals surface area contributed by atoms with E-state index in [4.69, 9.17) is 23.2 Å². The van der Waals surface area contributed by atoms with Crippen LogP contribution in [0.4, 0.5) is 0 Å².